The van der Waals surface area contributed by atoms with Crippen molar-refractivity contribution >= 4 is 28.3 Å². The van der Waals surface area contributed by atoms with Gasteiger partial charge in [-0.15, -0.1) is 0 Å². The predicted molar refractivity (Wildman–Crippen MR) is 118 cm³/mol. The van der Waals surface area contributed by atoms with E-state index in [9.17, 15) is 14.7 Å². The monoisotopic (exact) mass is 419 g/mol. The molecule has 4 aromatic rings. The number of hydrogen-bond acceptors (Lipinski definition) is 3. The van der Waals surface area contributed by atoms with Crippen LogP contribution in [0.25, 0.3) is 21.9 Å². The van der Waals surface area contributed by atoms with E-state index in [1.54, 1.807) is 47.2 Å². The number of carbonyl (C=O) groups is 1. The molecule has 5 nitrogen and oxygen atoms in total. The van der Waals surface area contributed by atoms with Gasteiger partial charge in [0.2, 0.25) is 0 Å². The van der Waals surface area contributed by atoms with Crippen LogP contribution < -0.4 is 10.3 Å². The van der Waals surface area contributed by atoms with Crippen molar-refractivity contribution in [2.45, 2.75) is 6.54 Å². The fraction of sp³-hybridized carbons (Fsp3) is 0.0833. The minimum atomic E-state index is -1.00. The molecule has 30 heavy (non-hydrogen) atoms. The molecule has 4 rings (SSSR count). The van der Waals surface area contributed by atoms with Crippen molar-refractivity contribution in [3.05, 3.63) is 99.9 Å². The first kappa shape index (κ1) is 19.7. The number of carboxylic acid groups (broad SMARTS) is 1. The lowest BCUT2D eigenvalue weighted by molar-refractivity contribution is 0.0697. The number of pyridine rings is 1. The molecular formula is C24H18ClNO4. The lowest BCUT2D eigenvalue weighted by Crippen LogP contribution is -2.22. The van der Waals surface area contributed by atoms with Gasteiger partial charge in [0, 0.05) is 22.2 Å². The Labute approximate surface area is 177 Å². The number of benzene rings is 3. The van der Waals surface area contributed by atoms with Crippen molar-refractivity contribution in [1.29, 1.82) is 0 Å². The van der Waals surface area contributed by atoms with Crippen LogP contribution in [0.1, 0.15) is 10.4 Å². The van der Waals surface area contributed by atoms with Crippen LogP contribution in [-0.2, 0) is 6.54 Å². The van der Waals surface area contributed by atoms with Gasteiger partial charge in [0.05, 0.1) is 12.1 Å². The normalized spacial score (nSPS) is 10.8. The first-order chi connectivity index (χ1) is 14.5. The molecular weight excluding hydrogens is 402 g/mol. The van der Waals surface area contributed by atoms with Crippen LogP contribution in [0.3, 0.4) is 0 Å². The highest BCUT2D eigenvalue weighted by molar-refractivity contribution is 6.31. The Hall–Kier alpha value is -3.57. The number of carboxylic acids is 1. The highest BCUT2D eigenvalue weighted by Gasteiger charge is 2.11. The SMILES string of the molecule is O=C(O)c1cccc(-c2cc(Cl)ccc2OCCn2ccc3ccccc3c2=O)c1. The van der Waals surface area contributed by atoms with E-state index in [1.165, 1.54) is 6.07 Å². The Balaban J connectivity index is 1.58. The Morgan fingerprint density at radius 3 is 2.67 bits per heavy atom. The van der Waals surface area contributed by atoms with Crippen LogP contribution in [0.2, 0.25) is 5.02 Å². The smallest absolute Gasteiger partial charge is 0.335 e. The number of ether oxygens (including phenoxy) is 1. The Bertz CT molecular complexity index is 1300. The van der Waals surface area contributed by atoms with Crippen molar-refractivity contribution in [1.82, 2.24) is 4.57 Å². The van der Waals surface area contributed by atoms with Crippen LogP contribution in [0.15, 0.2) is 83.8 Å². The highest BCUT2D eigenvalue weighted by Crippen LogP contribution is 2.33. The second-order valence-electron chi connectivity index (χ2n) is 6.78. The van der Waals surface area contributed by atoms with Gasteiger partial charge in [0.25, 0.3) is 5.56 Å². The molecule has 150 valence electrons. The number of aromatic carboxylic acids is 1. The van der Waals surface area contributed by atoms with Crippen molar-refractivity contribution in [3.8, 4) is 16.9 Å². The molecule has 1 heterocycles. The average Bonchev–Trinajstić information content (AvgIpc) is 2.76. The molecule has 0 aliphatic carbocycles. The second-order valence-corrected chi connectivity index (χ2v) is 7.21. The summed E-state index contributed by atoms with van der Waals surface area (Å²) in [5.41, 5.74) is 1.50. The van der Waals surface area contributed by atoms with Crippen molar-refractivity contribution < 1.29 is 14.6 Å². The molecule has 3 aromatic carbocycles. The third kappa shape index (κ3) is 4.07. The molecule has 0 atom stereocenters. The van der Waals surface area contributed by atoms with E-state index < -0.39 is 5.97 Å². The van der Waals surface area contributed by atoms with Gasteiger partial charge in [-0.3, -0.25) is 4.79 Å². The number of halogens is 1. The topological polar surface area (TPSA) is 68.5 Å². The molecule has 0 amide bonds. The van der Waals surface area contributed by atoms with Crippen LogP contribution in [0, 0.1) is 0 Å². The largest absolute Gasteiger partial charge is 0.491 e. The molecule has 0 aliphatic heterocycles. The molecule has 0 fully saturated rings. The van der Waals surface area contributed by atoms with E-state index in [2.05, 4.69) is 0 Å². The fourth-order valence-electron chi connectivity index (χ4n) is 3.33. The molecule has 0 saturated heterocycles. The number of aromatic nitrogens is 1. The van der Waals surface area contributed by atoms with Crippen molar-refractivity contribution in [2.75, 3.05) is 6.61 Å². The van der Waals surface area contributed by atoms with Crippen LogP contribution in [-0.4, -0.2) is 22.2 Å². The van der Waals surface area contributed by atoms with E-state index in [1.807, 2.05) is 30.3 Å². The molecule has 1 aromatic heterocycles. The third-order valence-corrected chi connectivity index (χ3v) is 5.07. The predicted octanol–water partition coefficient (Wildman–Crippen LogP) is 5.10. The maximum absolute atomic E-state index is 12.6. The fourth-order valence-corrected chi connectivity index (χ4v) is 3.51. The molecule has 6 heteroatoms. The number of nitrogens with zero attached hydrogens (tertiary/aromatic N) is 1. The Kier molecular flexibility index (Phi) is 5.55. The zero-order valence-corrected chi connectivity index (χ0v) is 16.7. The number of rotatable bonds is 6. The van der Waals surface area contributed by atoms with Gasteiger partial charge in [-0.1, -0.05) is 41.9 Å². The maximum atomic E-state index is 12.6. The summed E-state index contributed by atoms with van der Waals surface area (Å²) in [5, 5.41) is 11.3. The Morgan fingerprint density at radius 1 is 1.00 bits per heavy atom. The van der Waals surface area contributed by atoms with Crippen LogP contribution in [0.5, 0.6) is 5.75 Å². The molecule has 0 spiro atoms. The van der Waals surface area contributed by atoms with Gasteiger partial charge in [0.15, 0.2) is 0 Å². The van der Waals surface area contributed by atoms with E-state index in [0.717, 1.165) is 5.39 Å². The lowest BCUT2D eigenvalue weighted by atomic mass is 10.0. The second kappa shape index (κ2) is 8.43. The minimum Gasteiger partial charge on any atom is -0.491 e. The van der Waals surface area contributed by atoms with E-state index in [-0.39, 0.29) is 17.7 Å². The van der Waals surface area contributed by atoms with Gasteiger partial charge in [-0.25, -0.2) is 4.79 Å². The Morgan fingerprint density at radius 2 is 1.83 bits per heavy atom. The summed E-state index contributed by atoms with van der Waals surface area (Å²) < 4.78 is 7.57. The summed E-state index contributed by atoms with van der Waals surface area (Å²) in [6, 6.07) is 21.1. The zero-order valence-electron chi connectivity index (χ0n) is 15.9. The molecule has 0 radical (unpaired) electrons. The quantitative estimate of drug-likeness (QED) is 0.472. The van der Waals surface area contributed by atoms with E-state index >= 15 is 0 Å². The first-order valence-electron chi connectivity index (χ1n) is 9.37. The van der Waals surface area contributed by atoms with Gasteiger partial charge in [-0.2, -0.15) is 0 Å². The zero-order chi connectivity index (χ0) is 21.1. The van der Waals surface area contributed by atoms with Gasteiger partial charge in [-0.05, 0) is 53.4 Å². The summed E-state index contributed by atoms with van der Waals surface area (Å²) in [6.07, 6.45) is 1.76. The van der Waals surface area contributed by atoms with E-state index in [0.29, 0.717) is 33.8 Å². The number of hydrogen-bond donors (Lipinski definition) is 1. The molecule has 0 saturated carbocycles. The minimum absolute atomic E-state index is 0.0674. The van der Waals surface area contributed by atoms with E-state index in [4.69, 9.17) is 16.3 Å². The lowest BCUT2D eigenvalue weighted by Gasteiger charge is -2.14. The summed E-state index contributed by atoms with van der Waals surface area (Å²) in [4.78, 5) is 23.9. The summed E-state index contributed by atoms with van der Waals surface area (Å²) >= 11 is 6.16. The molecule has 0 bridgehead atoms. The standard InChI is InChI=1S/C24H18ClNO4/c25-19-8-9-22(21(15-19)17-5-3-6-18(14-17)24(28)29)30-13-12-26-11-10-16-4-1-2-7-20(16)23(26)27/h1-11,14-15H,12-13H2,(H,28,29). The third-order valence-electron chi connectivity index (χ3n) is 4.84. The number of fused-ring (bicyclic) bond motifs is 1. The molecule has 1 N–H and O–H groups in total. The van der Waals surface area contributed by atoms with Gasteiger partial charge >= 0.3 is 5.97 Å². The molecule has 0 aliphatic rings. The highest BCUT2D eigenvalue weighted by atomic mass is 35.5. The van der Waals surface area contributed by atoms with Gasteiger partial charge < -0.3 is 14.4 Å². The average molecular weight is 420 g/mol. The van der Waals surface area contributed by atoms with Crippen molar-refractivity contribution in [3.63, 3.8) is 0 Å². The van der Waals surface area contributed by atoms with Crippen molar-refractivity contribution in [2.24, 2.45) is 0 Å². The summed E-state index contributed by atoms with van der Waals surface area (Å²) in [6.45, 7) is 0.645. The maximum Gasteiger partial charge on any atom is 0.335 e. The summed E-state index contributed by atoms with van der Waals surface area (Å²) in [5.74, 6) is -0.437. The van der Waals surface area contributed by atoms with Crippen LogP contribution >= 0.6 is 11.6 Å². The first-order valence-corrected chi connectivity index (χ1v) is 9.75. The van der Waals surface area contributed by atoms with Gasteiger partial charge in [0.1, 0.15) is 12.4 Å². The van der Waals surface area contributed by atoms with Crippen LogP contribution in [0.4, 0.5) is 0 Å². The molecule has 0 unspecified atom stereocenters. The summed E-state index contributed by atoms with van der Waals surface area (Å²) in [7, 11) is 0.